The van der Waals surface area contributed by atoms with Crippen molar-refractivity contribution in [3.05, 3.63) is 53.3 Å². The number of carbonyl (C=O) groups is 1. The van der Waals surface area contributed by atoms with Gasteiger partial charge in [-0.2, -0.15) is 4.99 Å². The van der Waals surface area contributed by atoms with E-state index in [-0.39, 0.29) is 12.3 Å². The summed E-state index contributed by atoms with van der Waals surface area (Å²) < 4.78 is 19.8. The van der Waals surface area contributed by atoms with Crippen molar-refractivity contribution in [2.75, 3.05) is 26.4 Å². The van der Waals surface area contributed by atoms with E-state index < -0.39 is 0 Å². The van der Waals surface area contributed by atoms with Gasteiger partial charge in [0.15, 0.2) is 4.80 Å². The van der Waals surface area contributed by atoms with Crippen molar-refractivity contribution in [1.82, 2.24) is 4.57 Å². The normalized spacial score (nSPS) is 11.7. The zero-order chi connectivity index (χ0) is 20.5. The molecule has 0 aliphatic rings. The molecular weight excluding hydrogens is 388 g/mol. The Kier molecular flexibility index (Phi) is 7.84. The van der Waals surface area contributed by atoms with Crippen molar-refractivity contribution < 1.29 is 19.0 Å². The Morgan fingerprint density at radius 3 is 2.59 bits per heavy atom. The summed E-state index contributed by atoms with van der Waals surface area (Å²) in [6, 6.07) is 15.4. The molecule has 0 aliphatic carbocycles. The Bertz CT molecular complexity index is 995. The summed E-state index contributed by atoms with van der Waals surface area (Å²) in [5, 5.41) is 0. The van der Waals surface area contributed by atoms with Crippen LogP contribution in [0.4, 0.5) is 0 Å². The van der Waals surface area contributed by atoms with Crippen molar-refractivity contribution in [3.63, 3.8) is 0 Å². The third kappa shape index (κ3) is 5.92. The van der Waals surface area contributed by atoms with Gasteiger partial charge < -0.3 is 18.8 Å². The molecule has 6 nitrogen and oxygen atoms in total. The topological polar surface area (TPSA) is 62.1 Å². The first-order chi connectivity index (χ1) is 14.2. The van der Waals surface area contributed by atoms with E-state index in [1.165, 1.54) is 11.3 Å². The molecule has 3 aromatic rings. The van der Waals surface area contributed by atoms with E-state index in [1.54, 1.807) is 0 Å². The van der Waals surface area contributed by atoms with E-state index in [4.69, 9.17) is 14.2 Å². The number of fused-ring (bicyclic) bond motifs is 1. The minimum absolute atomic E-state index is 0.206. The summed E-state index contributed by atoms with van der Waals surface area (Å²) >= 11 is 1.48. The molecule has 0 spiro atoms. The summed E-state index contributed by atoms with van der Waals surface area (Å²) in [5.74, 6) is 1.35. The molecule has 2 aromatic carbocycles. The lowest BCUT2D eigenvalue weighted by molar-refractivity contribution is -0.118. The molecule has 0 fully saturated rings. The summed E-state index contributed by atoms with van der Waals surface area (Å²) in [4.78, 5) is 17.4. The van der Waals surface area contributed by atoms with Crippen LogP contribution < -0.4 is 14.3 Å². The minimum atomic E-state index is -0.206. The molecule has 29 heavy (non-hydrogen) atoms. The molecule has 0 radical (unpaired) electrons. The van der Waals surface area contributed by atoms with Crippen LogP contribution in [0.5, 0.6) is 11.5 Å². The standard InChI is InChI=1S/C22H26N2O4S/c1-3-26-15-13-24-19-11-10-18(27-4-2)16-20(19)29-22(24)23-21(25)12-14-28-17-8-6-5-7-9-17/h5-11,16H,3-4,12-15H2,1-2H3. The van der Waals surface area contributed by atoms with Crippen molar-refractivity contribution in [2.45, 2.75) is 26.8 Å². The molecule has 1 heterocycles. The molecule has 0 aliphatic heterocycles. The van der Waals surface area contributed by atoms with Gasteiger partial charge in [0, 0.05) is 13.2 Å². The number of nitrogens with zero attached hydrogens (tertiary/aromatic N) is 2. The maximum Gasteiger partial charge on any atom is 0.251 e. The highest BCUT2D eigenvalue weighted by Crippen LogP contribution is 2.23. The second kappa shape index (κ2) is 10.8. The van der Waals surface area contributed by atoms with Gasteiger partial charge in [0.25, 0.3) is 5.91 Å². The van der Waals surface area contributed by atoms with Crippen molar-refractivity contribution in [3.8, 4) is 11.5 Å². The number of aromatic nitrogens is 1. The quantitative estimate of drug-likeness (QED) is 0.470. The van der Waals surface area contributed by atoms with Crippen LogP contribution in [-0.2, 0) is 16.1 Å². The number of hydrogen-bond acceptors (Lipinski definition) is 5. The monoisotopic (exact) mass is 414 g/mol. The maximum atomic E-state index is 12.4. The van der Waals surface area contributed by atoms with Crippen molar-refractivity contribution in [1.29, 1.82) is 0 Å². The first kappa shape index (κ1) is 21.1. The second-order valence-corrected chi connectivity index (χ2v) is 7.22. The van der Waals surface area contributed by atoms with Crippen LogP contribution in [0.3, 0.4) is 0 Å². The number of para-hydroxylation sites is 1. The number of rotatable bonds is 10. The van der Waals surface area contributed by atoms with Crippen LogP contribution in [0, 0.1) is 0 Å². The number of hydrogen-bond donors (Lipinski definition) is 0. The number of thiazole rings is 1. The minimum Gasteiger partial charge on any atom is -0.494 e. The molecule has 3 rings (SSSR count). The van der Waals surface area contributed by atoms with Gasteiger partial charge in [-0.15, -0.1) is 0 Å². The molecule has 7 heteroatoms. The molecule has 0 unspecified atom stereocenters. The Morgan fingerprint density at radius 1 is 1.00 bits per heavy atom. The molecule has 0 bridgehead atoms. The summed E-state index contributed by atoms with van der Waals surface area (Å²) in [7, 11) is 0. The Morgan fingerprint density at radius 2 is 1.83 bits per heavy atom. The Balaban J connectivity index is 1.78. The van der Waals surface area contributed by atoms with Gasteiger partial charge in [-0.05, 0) is 44.2 Å². The van der Waals surface area contributed by atoms with Gasteiger partial charge in [-0.25, -0.2) is 0 Å². The highest BCUT2D eigenvalue weighted by molar-refractivity contribution is 7.16. The lowest BCUT2D eigenvalue weighted by atomic mass is 10.3. The van der Waals surface area contributed by atoms with Gasteiger partial charge in [0.2, 0.25) is 0 Å². The first-order valence-electron chi connectivity index (χ1n) is 9.80. The third-order valence-corrected chi connectivity index (χ3v) is 5.22. The summed E-state index contributed by atoms with van der Waals surface area (Å²) in [6.45, 7) is 6.68. The molecular formula is C22H26N2O4S. The van der Waals surface area contributed by atoms with E-state index in [1.807, 2.05) is 66.9 Å². The Hall–Kier alpha value is -2.64. The predicted molar refractivity (Wildman–Crippen MR) is 115 cm³/mol. The van der Waals surface area contributed by atoms with Crippen LogP contribution >= 0.6 is 11.3 Å². The highest BCUT2D eigenvalue weighted by atomic mass is 32.1. The van der Waals surface area contributed by atoms with E-state index >= 15 is 0 Å². The molecule has 154 valence electrons. The summed E-state index contributed by atoms with van der Waals surface area (Å²) in [5.41, 5.74) is 1.02. The van der Waals surface area contributed by atoms with Crippen LogP contribution in [0.15, 0.2) is 53.5 Å². The zero-order valence-corrected chi connectivity index (χ0v) is 17.6. The fourth-order valence-electron chi connectivity index (χ4n) is 2.85. The van der Waals surface area contributed by atoms with E-state index in [0.717, 1.165) is 21.7 Å². The number of amides is 1. The second-order valence-electron chi connectivity index (χ2n) is 6.21. The molecule has 1 aromatic heterocycles. The van der Waals surface area contributed by atoms with Gasteiger partial charge >= 0.3 is 0 Å². The predicted octanol–water partition coefficient (Wildman–Crippen LogP) is 4.03. The largest absolute Gasteiger partial charge is 0.494 e. The fraction of sp³-hybridized carbons (Fsp3) is 0.364. The van der Waals surface area contributed by atoms with Gasteiger partial charge in [-0.1, -0.05) is 29.5 Å². The Labute approximate surface area is 174 Å². The average Bonchev–Trinajstić information content (AvgIpc) is 3.05. The van der Waals surface area contributed by atoms with Crippen LogP contribution in [-0.4, -0.2) is 36.9 Å². The third-order valence-electron chi connectivity index (χ3n) is 4.18. The fourth-order valence-corrected chi connectivity index (χ4v) is 3.95. The lowest BCUT2D eigenvalue weighted by Crippen LogP contribution is -2.20. The zero-order valence-electron chi connectivity index (χ0n) is 16.8. The van der Waals surface area contributed by atoms with Gasteiger partial charge in [0.05, 0.1) is 36.5 Å². The van der Waals surface area contributed by atoms with E-state index in [0.29, 0.717) is 37.8 Å². The average molecular weight is 415 g/mol. The lowest BCUT2D eigenvalue weighted by Gasteiger charge is -2.07. The van der Waals surface area contributed by atoms with Crippen LogP contribution in [0.1, 0.15) is 20.3 Å². The highest BCUT2D eigenvalue weighted by Gasteiger charge is 2.10. The molecule has 0 saturated heterocycles. The van der Waals surface area contributed by atoms with Gasteiger partial charge in [0.1, 0.15) is 11.5 Å². The number of carbonyl (C=O) groups excluding carboxylic acids is 1. The van der Waals surface area contributed by atoms with Crippen molar-refractivity contribution >= 4 is 27.5 Å². The molecule has 1 amide bonds. The first-order valence-corrected chi connectivity index (χ1v) is 10.6. The molecule has 0 N–H and O–H groups in total. The molecule has 0 atom stereocenters. The maximum absolute atomic E-state index is 12.4. The number of ether oxygens (including phenoxy) is 3. The van der Waals surface area contributed by atoms with E-state index in [9.17, 15) is 4.79 Å². The SMILES string of the molecule is CCOCCn1c(=NC(=O)CCOc2ccccc2)sc2cc(OCC)ccc21. The molecule has 0 saturated carbocycles. The smallest absolute Gasteiger partial charge is 0.251 e. The van der Waals surface area contributed by atoms with Crippen LogP contribution in [0.2, 0.25) is 0 Å². The van der Waals surface area contributed by atoms with Crippen molar-refractivity contribution in [2.24, 2.45) is 4.99 Å². The number of benzene rings is 2. The van der Waals surface area contributed by atoms with Crippen LogP contribution in [0.25, 0.3) is 10.2 Å². The van der Waals surface area contributed by atoms with E-state index in [2.05, 4.69) is 4.99 Å². The summed E-state index contributed by atoms with van der Waals surface area (Å²) in [6.07, 6.45) is 0.221. The van der Waals surface area contributed by atoms with Gasteiger partial charge in [-0.3, -0.25) is 4.79 Å².